The molecule has 1 fully saturated rings. The topological polar surface area (TPSA) is 43.8 Å². The van der Waals surface area contributed by atoms with Crippen molar-refractivity contribution in [2.75, 3.05) is 31.1 Å². The van der Waals surface area contributed by atoms with Crippen LogP contribution >= 0.6 is 0 Å². The first-order valence-electron chi connectivity index (χ1n) is 6.30. The molecule has 2 rings (SSSR count). The minimum Gasteiger partial charge on any atom is -0.480 e. The Bertz CT molecular complexity index is 409. The van der Waals surface area contributed by atoms with Gasteiger partial charge in [0, 0.05) is 31.9 Å². The van der Waals surface area contributed by atoms with Crippen LogP contribution in [0.25, 0.3) is 0 Å². The SMILES string of the molecule is CC(C)(C(=O)O)N1CCN(c2ccccc2)CC1. The number of carboxylic acids is 1. The van der Waals surface area contributed by atoms with Gasteiger partial charge in [0.2, 0.25) is 0 Å². The summed E-state index contributed by atoms with van der Waals surface area (Å²) in [6, 6.07) is 10.3. The van der Waals surface area contributed by atoms with E-state index in [9.17, 15) is 9.90 Å². The fourth-order valence-corrected chi connectivity index (χ4v) is 2.30. The van der Waals surface area contributed by atoms with E-state index in [1.807, 2.05) is 23.1 Å². The predicted octanol–water partition coefficient (Wildman–Crippen LogP) is 1.67. The molecule has 98 valence electrons. The molecule has 0 spiro atoms. The second-order valence-corrected chi connectivity index (χ2v) is 5.17. The van der Waals surface area contributed by atoms with Crippen molar-refractivity contribution in [1.82, 2.24) is 4.90 Å². The number of nitrogens with zero attached hydrogens (tertiary/aromatic N) is 2. The van der Waals surface area contributed by atoms with Gasteiger partial charge in [0.1, 0.15) is 5.54 Å². The molecule has 0 atom stereocenters. The summed E-state index contributed by atoms with van der Waals surface area (Å²) in [5.41, 5.74) is 0.438. The van der Waals surface area contributed by atoms with Gasteiger partial charge < -0.3 is 10.0 Å². The van der Waals surface area contributed by atoms with Crippen LogP contribution < -0.4 is 4.90 Å². The number of carbonyl (C=O) groups is 1. The Labute approximate surface area is 108 Å². The van der Waals surface area contributed by atoms with E-state index in [2.05, 4.69) is 17.0 Å². The highest BCUT2D eigenvalue weighted by Gasteiger charge is 2.36. The van der Waals surface area contributed by atoms with E-state index in [0.717, 1.165) is 26.2 Å². The van der Waals surface area contributed by atoms with Gasteiger partial charge in [-0.1, -0.05) is 18.2 Å². The highest BCUT2D eigenvalue weighted by atomic mass is 16.4. The van der Waals surface area contributed by atoms with Crippen molar-refractivity contribution >= 4 is 11.7 Å². The Hall–Kier alpha value is -1.55. The lowest BCUT2D eigenvalue weighted by Crippen LogP contribution is -2.58. The Morgan fingerprint density at radius 1 is 1.11 bits per heavy atom. The van der Waals surface area contributed by atoms with Crippen molar-refractivity contribution in [3.8, 4) is 0 Å². The first-order chi connectivity index (χ1) is 8.51. The number of hydrogen-bond acceptors (Lipinski definition) is 3. The zero-order valence-corrected chi connectivity index (χ0v) is 11.0. The first kappa shape index (κ1) is 12.9. The zero-order valence-electron chi connectivity index (χ0n) is 11.0. The van der Waals surface area contributed by atoms with Crippen LogP contribution in [-0.4, -0.2) is 47.7 Å². The first-order valence-corrected chi connectivity index (χ1v) is 6.30. The van der Waals surface area contributed by atoms with Gasteiger partial charge in [0.05, 0.1) is 0 Å². The van der Waals surface area contributed by atoms with Crippen LogP contribution in [0.5, 0.6) is 0 Å². The monoisotopic (exact) mass is 248 g/mol. The van der Waals surface area contributed by atoms with Crippen LogP contribution in [0.3, 0.4) is 0 Å². The van der Waals surface area contributed by atoms with Gasteiger partial charge in [0.25, 0.3) is 0 Å². The predicted molar refractivity (Wildman–Crippen MR) is 71.9 cm³/mol. The largest absolute Gasteiger partial charge is 0.480 e. The van der Waals surface area contributed by atoms with Crippen LogP contribution in [-0.2, 0) is 4.79 Å². The van der Waals surface area contributed by atoms with Crippen molar-refractivity contribution in [1.29, 1.82) is 0 Å². The number of aliphatic carboxylic acids is 1. The van der Waals surface area contributed by atoms with Gasteiger partial charge in [-0.2, -0.15) is 0 Å². The molecular weight excluding hydrogens is 228 g/mol. The van der Waals surface area contributed by atoms with Crippen LogP contribution in [0.4, 0.5) is 5.69 Å². The second kappa shape index (κ2) is 4.98. The molecule has 1 heterocycles. The average Bonchev–Trinajstić information content (AvgIpc) is 2.40. The summed E-state index contributed by atoms with van der Waals surface area (Å²) in [4.78, 5) is 15.6. The standard InChI is InChI=1S/C14H20N2O2/c1-14(2,13(17)18)16-10-8-15(9-11-16)12-6-4-3-5-7-12/h3-7H,8-11H2,1-2H3,(H,17,18). The molecule has 1 saturated heterocycles. The summed E-state index contributed by atoms with van der Waals surface area (Å²) < 4.78 is 0. The Kier molecular flexibility index (Phi) is 3.57. The molecule has 1 N–H and O–H groups in total. The molecule has 0 aliphatic carbocycles. The quantitative estimate of drug-likeness (QED) is 0.883. The zero-order chi connectivity index (χ0) is 13.2. The lowest BCUT2D eigenvalue weighted by atomic mass is 10.0. The minimum absolute atomic E-state index is 0.754. The van der Waals surface area contributed by atoms with Gasteiger partial charge >= 0.3 is 5.97 Å². The molecule has 0 bridgehead atoms. The third kappa shape index (κ3) is 2.48. The van der Waals surface area contributed by atoms with E-state index < -0.39 is 11.5 Å². The molecule has 18 heavy (non-hydrogen) atoms. The van der Waals surface area contributed by atoms with E-state index in [4.69, 9.17) is 0 Å². The molecule has 0 radical (unpaired) electrons. The maximum atomic E-state index is 11.2. The molecule has 4 heteroatoms. The number of anilines is 1. The van der Waals surface area contributed by atoms with E-state index >= 15 is 0 Å². The molecule has 1 aliphatic rings. The number of piperazine rings is 1. The van der Waals surface area contributed by atoms with Crippen LogP contribution in [0.2, 0.25) is 0 Å². The molecule has 0 amide bonds. The maximum Gasteiger partial charge on any atom is 0.323 e. The van der Waals surface area contributed by atoms with Gasteiger partial charge in [-0.15, -0.1) is 0 Å². The van der Waals surface area contributed by atoms with E-state index in [1.165, 1.54) is 5.69 Å². The lowest BCUT2D eigenvalue weighted by molar-refractivity contribution is -0.149. The normalized spacial score (nSPS) is 17.8. The molecule has 0 saturated carbocycles. The van der Waals surface area contributed by atoms with Crippen LogP contribution in [0.15, 0.2) is 30.3 Å². The van der Waals surface area contributed by atoms with Gasteiger partial charge in [0.15, 0.2) is 0 Å². The molecule has 4 nitrogen and oxygen atoms in total. The van der Waals surface area contributed by atoms with Crippen molar-refractivity contribution in [2.45, 2.75) is 19.4 Å². The Morgan fingerprint density at radius 2 is 1.67 bits per heavy atom. The number of rotatable bonds is 3. The van der Waals surface area contributed by atoms with Crippen molar-refractivity contribution in [3.63, 3.8) is 0 Å². The van der Waals surface area contributed by atoms with E-state index in [0.29, 0.717) is 0 Å². The highest BCUT2D eigenvalue weighted by Crippen LogP contribution is 2.20. The van der Waals surface area contributed by atoms with Crippen molar-refractivity contribution in [3.05, 3.63) is 30.3 Å². The number of carboxylic acid groups (broad SMARTS) is 1. The van der Waals surface area contributed by atoms with E-state index in [-0.39, 0.29) is 0 Å². The molecular formula is C14H20N2O2. The molecule has 0 unspecified atom stereocenters. The Balaban J connectivity index is 1.99. The number of para-hydroxylation sites is 1. The molecule has 0 aromatic heterocycles. The third-order valence-electron chi connectivity index (χ3n) is 3.71. The lowest BCUT2D eigenvalue weighted by Gasteiger charge is -2.42. The third-order valence-corrected chi connectivity index (χ3v) is 3.71. The minimum atomic E-state index is -0.775. The highest BCUT2D eigenvalue weighted by molar-refractivity contribution is 5.77. The maximum absolute atomic E-state index is 11.2. The summed E-state index contributed by atoms with van der Waals surface area (Å²) in [7, 11) is 0. The van der Waals surface area contributed by atoms with E-state index in [1.54, 1.807) is 13.8 Å². The summed E-state index contributed by atoms with van der Waals surface area (Å²) in [6.45, 7) is 6.87. The van der Waals surface area contributed by atoms with Gasteiger partial charge in [-0.3, -0.25) is 9.69 Å². The fraction of sp³-hybridized carbons (Fsp3) is 0.500. The molecule has 1 aliphatic heterocycles. The average molecular weight is 248 g/mol. The summed E-state index contributed by atoms with van der Waals surface area (Å²) >= 11 is 0. The Morgan fingerprint density at radius 3 is 2.17 bits per heavy atom. The summed E-state index contributed by atoms with van der Waals surface area (Å²) in [6.07, 6.45) is 0. The molecule has 1 aromatic rings. The second-order valence-electron chi connectivity index (χ2n) is 5.17. The van der Waals surface area contributed by atoms with Crippen molar-refractivity contribution in [2.24, 2.45) is 0 Å². The van der Waals surface area contributed by atoms with Crippen LogP contribution in [0.1, 0.15) is 13.8 Å². The summed E-state index contributed by atoms with van der Waals surface area (Å²) in [5.74, 6) is -0.754. The van der Waals surface area contributed by atoms with Crippen LogP contribution in [0, 0.1) is 0 Å². The smallest absolute Gasteiger partial charge is 0.323 e. The fourth-order valence-electron chi connectivity index (χ4n) is 2.30. The summed E-state index contributed by atoms with van der Waals surface area (Å²) in [5, 5.41) is 9.22. The number of hydrogen-bond donors (Lipinski definition) is 1. The van der Waals surface area contributed by atoms with Crippen molar-refractivity contribution < 1.29 is 9.90 Å². The number of benzene rings is 1. The van der Waals surface area contributed by atoms with Gasteiger partial charge in [-0.25, -0.2) is 0 Å². The van der Waals surface area contributed by atoms with Gasteiger partial charge in [-0.05, 0) is 26.0 Å². The molecule has 1 aromatic carbocycles.